The van der Waals surface area contributed by atoms with Gasteiger partial charge in [0.05, 0.1) is 18.1 Å². The molecule has 0 aliphatic carbocycles. The third-order valence-corrected chi connectivity index (χ3v) is 4.76. The molecule has 0 spiro atoms. The van der Waals surface area contributed by atoms with Crippen LogP contribution in [0.2, 0.25) is 0 Å². The van der Waals surface area contributed by atoms with Crippen LogP contribution in [-0.2, 0) is 14.3 Å². The average Bonchev–Trinajstić information content (AvgIpc) is 2.67. The molecule has 0 bridgehead atoms. The average molecular weight is 378 g/mol. The van der Waals surface area contributed by atoms with Gasteiger partial charge >= 0.3 is 12.0 Å². The second kappa shape index (κ2) is 10.3. The normalized spacial score (nSPS) is 18.3. The van der Waals surface area contributed by atoms with Crippen LogP contribution in [0.4, 0.5) is 4.79 Å². The molecule has 2 amide bonds. The molecule has 27 heavy (non-hydrogen) atoms. The number of carboxylic acid groups (broad SMARTS) is 1. The van der Waals surface area contributed by atoms with Crippen LogP contribution in [0.5, 0.6) is 0 Å². The summed E-state index contributed by atoms with van der Waals surface area (Å²) in [6.45, 7) is 5.00. The Hall–Kier alpha value is -2.12. The number of hydrogen-bond acceptors (Lipinski definition) is 4. The first kappa shape index (κ1) is 21.2. The molecule has 1 fully saturated rings. The summed E-state index contributed by atoms with van der Waals surface area (Å²) in [5.74, 6) is -1.55. The van der Waals surface area contributed by atoms with E-state index in [0.717, 1.165) is 18.4 Å². The summed E-state index contributed by atoms with van der Waals surface area (Å²) in [7, 11) is 1.60. The molecular weight excluding hydrogens is 348 g/mol. The summed E-state index contributed by atoms with van der Waals surface area (Å²) >= 11 is 0. The molecule has 1 aromatic rings. The Morgan fingerprint density at radius 1 is 1.26 bits per heavy atom. The zero-order chi connectivity index (χ0) is 19.8. The van der Waals surface area contributed by atoms with Crippen LogP contribution < -0.4 is 5.32 Å². The van der Waals surface area contributed by atoms with Gasteiger partial charge in [0.15, 0.2) is 0 Å². The number of urea groups is 1. The molecule has 7 heteroatoms. The zero-order valence-corrected chi connectivity index (χ0v) is 16.3. The van der Waals surface area contributed by atoms with E-state index in [-0.39, 0.29) is 30.8 Å². The third kappa shape index (κ3) is 6.52. The number of nitrogens with zero attached hydrogens (tertiary/aromatic N) is 1. The van der Waals surface area contributed by atoms with Crippen molar-refractivity contribution in [3.63, 3.8) is 0 Å². The molecular formula is C20H30N2O5. The van der Waals surface area contributed by atoms with Gasteiger partial charge in [0.25, 0.3) is 0 Å². The monoisotopic (exact) mass is 378 g/mol. The molecule has 1 aliphatic rings. The van der Waals surface area contributed by atoms with E-state index in [9.17, 15) is 9.59 Å². The molecule has 2 rings (SSSR count). The molecule has 1 aliphatic heterocycles. The molecule has 0 aromatic heterocycles. The smallest absolute Gasteiger partial charge is 0.317 e. The van der Waals surface area contributed by atoms with E-state index in [0.29, 0.717) is 13.2 Å². The van der Waals surface area contributed by atoms with E-state index in [1.807, 2.05) is 37.3 Å². The SMILES string of the molecule is CC(CN(C)C(=O)NC(C)C(OC1CCOCC1)c1ccccc1)C(=O)O. The summed E-state index contributed by atoms with van der Waals surface area (Å²) in [4.78, 5) is 24.9. The number of amides is 2. The number of ether oxygens (including phenoxy) is 2. The maximum absolute atomic E-state index is 12.5. The maximum atomic E-state index is 12.5. The number of carboxylic acids is 1. The quantitative estimate of drug-likeness (QED) is 0.726. The van der Waals surface area contributed by atoms with Gasteiger partial charge in [-0.05, 0) is 25.3 Å². The highest BCUT2D eigenvalue weighted by molar-refractivity contribution is 5.76. The Morgan fingerprint density at radius 3 is 2.48 bits per heavy atom. The number of rotatable bonds is 8. The summed E-state index contributed by atoms with van der Waals surface area (Å²) in [6, 6.07) is 9.23. The van der Waals surface area contributed by atoms with Crippen molar-refractivity contribution in [3.05, 3.63) is 35.9 Å². The molecule has 150 valence electrons. The Morgan fingerprint density at radius 2 is 1.89 bits per heavy atom. The maximum Gasteiger partial charge on any atom is 0.317 e. The van der Waals surface area contributed by atoms with E-state index in [2.05, 4.69) is 5.32 Å². The van der Waals surface area contributed by atoms with E-state index in [1.54, 1.807) is 14.0 Å². The fourth-order valence-electron chi connectivity index (χ4n) is 3.10. The largest absolute Gasteiger partial charge is 0.481 e. The van der Waals surface area contributed by atoms with Crippen molar-refractivity contribution in [1.82, 2.24) is 10.2 Å². The minimum Gasteiger partial charge on any atom is -0.481 e. The van der Waals surface area contributed by atoms with Crippen LogP contribution in [0.1, 0.15) is 38.4 Å². The number of hydrogen-bond donors (Lipinski definition) is 2. The summed E-state index contributed by atoms with van der Waals surface area (Å²) in [6.07, 6.45) is 1.47. The van der Waals surface area contributed by atoms with Crippen molar-refractivity contribution >= 4 is 12.0 Å². The Balaban J connectivity index is 2.03. The first-order valence-corrected chi connectivity index (χ1v) is 9.41. The predicted molar refractivity (Wildman–Crippen MR) is 102 cm³/mol. The van der Waals surface area contributed by atoms with Gasteiger partial charge in [0, 0.05) is 26.8 Å². The first-order valence-electron chi connectivity index (χ1n) is 9.41. The predicted octanol–water partition coefficient (Wildman–Crippen LogP) is 2.67. The highest BCUT2D eigenvalue weighted by atomic mass is 16.5. The lowest BCUT2D eigenvalue weighted by molar-refractivity contribution is -0.141. The Kier molecular flexibility index (Phi) is 8.06. The molecule has 3 atom stereocenters. The second-order valence-corrected chi connectivity index (χ2v) is 7.14. The number of carbonyl (C=O) groups excluding carboxylic acids is 1. The van der Waals surface area contributed by atoms with Crippen molar-refractivity contribution < 1.29 is 24.2 Å². The molecule has 3 unspecified atom stereocenters. The Labute approximate surface area is 160 Å². The highest BCUT2D eigenvalue weighted by Gasteiger charge is 2.27. The zero-order valence-electron chi connectivity index (χ0n) is 16.3. The molecule has 1 heterocycles. The number of nitrogens with one attached hydrogen (secondary N) is 1. The van der Waals surface area contributed by atoms with Gasteiger partial charge in [-0.3, -0.25) is 4.79 Å². The van der Waals surface area contributed by atoms with Crippen LogP contribution in [-0.4, -0.2) is 61.0 Å². The Bertz CT molecular complexity index is 604. The van der Waals surface area contributed by atoms with E-state index in [4.69, 9.17) is 14.6 Å². The molecule has 0 radical (unpaired) electrons. The fraction of sp³-hybridized carbons (Fsp3) is 0.600. The number of benzene rings is 1. The van der Waals surface area contributed by atoms with Gasteiger partial charge in [-0.1, -0.05) is 37.3 Å². The van der Waals surface area contributed by atoms with Gasteiger partial charge < -0.3 is 24.8 Å². The molecule has 1 saturated heterocycles. The number of carbonyl (C=O) groups is 2. The first-order chi connectivity index (χ1) is 12.9. The summed E-state index contributed by atoms with van der Waals surface area (Å²) in [5.41, 5.74) is 0.998. The van der Waals surface area contributed by atoms with E-state index in [1.165, 1.54) is 4.90 Å². The van der Waals surface area contributed by atoms with Gasteiger partial charge in [0.2, 0.25) is 0 Å². The molecule has 2 N–H and O–H groups in total. The fourth-order valence-corrected chi connectivity index (χ4v) is 3.10. The van der Waals surface area contributed by atoms with Gasteiger partial charge in [0.1, 0.15) is 6.10 Å². The van der Waals surface area contributed by atoms with Gasteiger partial charge in [-0.15, -0.1) is 0 Å². The van der Waals surface area contributed by atoms with Crippen LogP contribution >= 0.6 is 0 Å². The highest BCUT2D eigenvalue weighted by Crippen LogP contribution is 2.26. The second-order valence-electron chi connectivity index (χ2n) is 7.14. The van der Waals surface area contributed by atoms with Crippen LogP contribution in [0.25, 0.3) is 0 Å². The number of aliphatic carboxylic acids is 1. The molecule has 1 aromatic carbocycles. The van der Waals surface area contributed by atoms with Crippen molar-refractivity contribution in [2.45, 2.75) is 44.9 Å². The lowest BCUT2D eigenvalue weighted by Crippen LogP contribution is -2.47. The van der Waals surface area contributed by atoms with Crippen LogP contribution in [0.3, 0.4) is 0 Å². The van der Waals surface area contributed by atoms with Gasteiger partial charge in [-0.25, -0.2) is 4.79 Å². The van der Waals surface area contributed by atoms with E-state index < -0.39 is 11.9 Å². The summed E-state index contributed by atoms with van der Waals surface area (Å²) < 4.78 is 11.7. The lowest BCUT2D eigenvalue weighted by atomic mass is 10.0. The summed E-state index contributed by atoms with van der Waals surface area (Å²) in [5, 5.41) is 12.0. The van der Waals surface area contributed by atoms with Crippen molar-refractivity contribution in [3.8, 4) is 0 Å². The molecule has 0 saturated carbocycles. The van der Waals surface area contributed by atoms with E-state index >= 15 is 0 Å². The van der Waals surface area contributed by atoms with Crippen molar-refractivity contribution in [1.29, 1.82) is 0 Å². The lowest BCUT2D eigenvalue weighted by Gasteiger charge is -2.32. The van der Waals surface area contributed by atoms with Crippen LogP contribution in [0.15, 0.2) is 30.3 Å². The van der Waals surface area contributed by atoms with Gasteiger partial charge in [-0.2, -0.15) is 0 Å². The molecule has 7 nitrogen and oxygen atoms in total. The van der Waals surface area contributed by atoms with Crippen molar-refractivity contribution in [2.75, 3.05) is 26.8 Å². The minimum absolute atomic E-state index is 0.0908. The topological polar surface area (TPSA) is 88.1 Å². The van der Waals surface area contributed by atoms with Crippen molar-refractivity contribution in [2.24, 2.45) is 5.92 Å². The minimum atomic E-state index is -0.923. The third-order valence-electron chi connectivity index (χ3n) is 4.76. The standard InChI is InChI=1S/C20H30N2O5/c1-14(19(23)24)13-22(3)20(25)21-15(2)18(16-7-5-4-6-8-16)27-17-9-11-26-12-10-17/h4-8,14-15,17-18H,9-13H2,1-3H3,(H,21,25)(H,23,24). The van der Waals surface area contributed by atoms with Crippen LogP contribution in [0, 0.1) is 5.92 Å².